The number of ether oxygens (including phenoxy) is 1. The van der Waals surface area contributed by atoms with Crippen molar-refractivity contribution in [1.82, 2.24) is 25.0 Å². The molecule has 0 saturated carbocycles. The number of pyridine rings is 2. The SMILES string of the molecule is COc1cccc2c1CC[C@@H]2Nc1nccc2cc(-c3c4c(nc(C[C@@H]5CCc6cc(F)ccc65)c3-c3noc(=O)[nH]3)[C@H]3CCCN3C4=O)sc12. The number of halogens is 1. The van der Waals surface area contributed by atoms with Crippen LogP contribution in [0.25, 0.3) is 31.9 Å². The van der Waals surface area contributed by atoms with Crippen molar-refractivity contribution in [2.75, 3.05) is 19.0 Å². The molecule has 51 heavy (non-hydrogen) atoms. The van der Waals surface area contributed by atoms with Crippen LogP contribution in [0.1, 0.15) is 87.7 Å². The van der Waals surface area contributed by atoms with Crippen molar-refractivity contribution in [1.29, 1.82) is 0 Å². The van der Waals surface area contributed by atoms with Crippen molar-refractivity contribution in [3.63, 3.8) is 0 Å². The van der Waals surface area contributed by atoms with E-state index in [0.29, 0.717) is 29.7 Å². The van der Waals surface area contributed by atoms with E-state index in [4.69, 9.17) is 19.2 Å². The molecule has 0 spiro atoms. The summed E-state index contributed by atoms with van der Waals surface area (Å²) in [5, 5.41) is 8.89. The van der Waals surface area contributed by atoms with Gasteiger partial charge in [0.1, 0.15) is 17.4 Å². The molecular formula is C39H33FN6O4S. The van der Waals surface area contributed by atoms with E-state index in [2.05, 4.69) is 27.6 Å². The van der Waals surface area contributed by atoms with E-state index >= 15 is 0 Å². The number of methoxy groups -OCH3 is 1. The predicted molar refractivity (Wildman–Crippen MR) is 191 cm³/mol. The lowest BCUT2D eigenvalue weighted by molar-refractivity contribution is 0.0776. The smallest absolute Gasteiger partial charge is 0.439 e. The van der Waals surface area contributed by atoms with Gasteiger partial charge in [0.05, 0.1) is 46.4 Å². The highest BCUT2D eigenvalue weighted by molar-refractivity contribution is 7.23. The molecule has 10 nitrogen and oxygen atoms in total. The van der Waals surface area contributed by atoms with E-state index in [9.17, 15) is 14.0 Å². The first-order valence-electron chi connectivity index (χ1n) is 17.5. The Balaban J connectivity index is 1.15. The maximum absolute atomic E-state index is 14.3. The molecule has 256 valence electrons. The highest BCUT2D eigenvalue weighted by atomic mass is 32.1. The summed E-state index contributed by atoms with van der Waals surface area (Å²) >= 11 is 1.56. The Hall–Kier alpha value is -5.36. The molecule has 3 atom stereocenters. The quantitative estimate of drug-likeness (QED) is 0.175. The van der Waals surface area contributed by atoms with Crippen molar-refractivity contribution < 1.29 is 18.4 Å². The molecule has 0 unspecified atom stereocenters. The first kappa shape index (κ1) is 30.5. The van der Waals surface area contributed by atoms with Gasteiger partial charge in [-0.2, -0.15) is 0 Å². The summed E-state index contributed by atoms with van der Waals surface area (Å²) in [5.41, 5.74) is 7.92. The summed E-state index contributed by atoms with van der Waals surface area (Å²) in [4.78, 5) is 42.4. The summed E-state index contributed by atoms with van der Waals surface area (Å²) < 4.78 is 25.9. The summed E-state index contributed by atoms with van der Waals surface area (Å²) in [6.07, 6.45) is 7.55. The number of hydrogen-bond acceptors (Lipinski definition) is 9. The molecule has 12 heteroatoms. The maximum atomic E-state index is 14.3. The largest absolute Gasteiger partial charge is 0.496 e. The van der Waals surface area contributed by atoms with Crippen molar-refractivity contribution in [2.24, 2.45) is 0 Å². The second-order valence-electron chi connectivity index (χ2n) is 13.9. The van der Waals surface area contributed by atoms with Gasteiger partial charge in [-0.1, -0.05) is 23.4 Å². The molecule has 4 aliphatic rings. The van der Waals surface area contributed by atoms with Crippen LogP contribution in [-0.2, 0) is 19.3 Å². The minimum atomic E-state index is -0.684. The van der Waals surface area contributed by atoms with Gasteiger partial charge >= 0.3 is 5.76 Å². The third-order valence-corrected chi connectivity index (χ3v) is 12.4. The van der Waals surface area contributed by atoms with E-state index < -0.39 is 5.76 Å². The number of nitrogens with zero attached hydrogens (tertiary/aromatic N) is 4. The summed E-state index contributed by atoms with van der Waals surface area (Å²) in [7, 11) is 1.71. The third kappa shape index (κ3) is 4.76. The van der Waals surface area contributed by atoms with E-state index in [1.807, 2.05) is 35.4 Å². The first-order valence-corrected chi connectivity index (χ1v) is 18.3. The molecule has 2 aliphatic carbocycles. The Morgan fingerprint density at radius 3 is 2.84 bits per heavy atom. The highest BCUT2D eigenvalue weighted by Crippen LogP contribution is 2.51. The molecule has 10 rings (SSSR count). The number of H-pyrrole nitrogens is 1. The standard InChI is InChI=1S/C39H33FN6O4S/c1-49-29-6-2-4-24-25(29)11-12-26(24)43-37-35-21(13-14-41-37)18-30(51-35)32-31(36-44-39(48)50-45-36)27(17-20-8-7-19-16-22(40)9-10-23(19)20)42-34-28-5-3-15-46(28)38(47)33(32)34/h2,4,6,9-10,13-14,16,18,20,26,28H,3,5,7-8,11-12,15,17H2,1H3,(H,41,43)(H,44,45,48)/t20-,26-,28+/m0/s1. The maximum Gasteiger partial charge on any atom is 0.439 e. The van der Waals surface area contributed by atoms with E-state index in [1.54, 1.807) is 24.5 Å². The zero-order valence-electron chi connectivity index (χ0n) is 27.8. The molecule has 1 amide bonds. The number of carbonyl (C=O) groups excluding carboxylic acids is 1. The number of thiophene rings is 1. The van der Waals surface area contributed by atoms with Crippen molar-refractivity contribution in [3.05, 3.63) is 110 Å². The second kappa shape index (κ2) is 11.6. The summed E-state index contributed by atoms with van der Waals surface area (Å²) in [6, 6.07) is 15.2. The van der Waals surface area contributed by atoms with Gasteiger partial charge in [0.25, 0.3) is 5.91 Å². The van der Waals surface area contributed by atoms with Crippen LogP contribution < -0.4 is 15.8 Å². The molecule has 0 bridgehead atoms. The van der Waals surface area contributed by atoms with Gasteiger partial charge in [0.15, 0.2) is 5.82 Å². The van der Waals surface area contributed by atoms with E-state index in [1.165, 1.54) is 17.2 Å². The fourth-order valence-corrected chi connectivity index (χ4v) is 10.1. The van der Waals surface area contributed by atoms with Crippen molar-refractivity contribution >= 4 is 33.1 Å². The van der Waals surface area contributed by atoms with Crippen molar-refractivity contribution in [3.8, 4) is 27.6 Å². The van der Waals surface area contributed by atoms with Crippen molar-refractivity contribution in [2.45, 2.75) is 62.9 Å². The number of anilines is 1. The number of amides is 1. The predicted octanol–water partition coefficient (Wildman–Crippen LogP) is 7.51. The molecule has 1 saturated heterocycles. The molecule has 2 aromatic carbocycles. The minimum Gasteiger partial charge on any atom is -0.496 e. The van der Waals surface area contributed by atoms with Gasteiger partial charge < -0.3 is 15.0 Å². The number of fused-ring (bicyclic) bond motifs is 6. The number of carbonyl (C=O) groups is 1. The molecule has 2 aliphatic heterocycles. The van der Waals surface area contributed by atoms with Crippen LogP contribution in [-0.4, -0.2) is 44.6 Å². The van der Waals surface area contributed by atoms with Gasteiger partial charge in [-0.3, -0.25) is 19.3 Å². The average molecular weight is 701 g/mol. The van der Waals surface area contributed by atoms with Gasteiger partial charge in [0, 0.05) is 23.2 Å². The van der Waals surface area contributed by atoms with Crippen LogP contribution in [0.3, 0.4) is 0 Å². The lowest BCUT2D eigenvalue weighted by atomic mass is 9.89. The lowest BCUT2D eigenvalue weighted by Gasteiger charge is -2.19. The number of rotatable bonds is 7. The zero-order chi connectivity index (χ0) is 34.4. The first-order chi connectivity index (χ1) is 24.9. The molecule has 4 aromatic heterocycles. The molecule has 0 radical (unpaired) electrons. The average Bonchev–Trinajstić information content (AvgIpc) is 3.99. The lowest BCUT2D eigenvalue weighted by Crippen LogP contribution is -2.22. The van der Waals surface area contributed by atoms with Crippen LogP contribution in [0, 0.1) is 5.82 Å². The highest BCUT2D eigenvalue weighted by Gasteiger charge is 2.45. The molecule has 1 fully saturated rings. The molecule has 6 heterocycles. The normalized spacial score (nSPS) is 20.2. The zero-order valence-corrected chi connectivity index (χ0v) is 28.6. The topological polar surface area (TPSA) is 126 Å². The summed E-state index contributed by atoms with van der Waals surface area (Å²) in [6.45, 7) is 0.671. The Bertz CT molecular complexity index is 2470. The number of aromatic amines is 1. The molecular weight excluding hydrogens is 668 g/mol. The van der Waals surface area contributed by atoms with Gasteiger partial charge in [0.2, 0.25) is 0 Å². The number of hydrogen-bond donors (Lipinski definition) is 2. The summed E-state index contributed by atoms with van der Waals surface area (Å²) in [5.74, 6) is 1.02. The number of nitrogens with one attached hydrogen (secondary N) is 2. The van der Waals surface area contributed by atoms with Crippen LogP contribution in [0.5, 0.6) is 5.75 Å². The van der Waals surface area contributed by atoms with Gasteiger partial charge in [-0.05, 0) is 109 Å². The molecule has 2 N–H and O–H groups in total. The number of benzene rings is 2. The van der Waals surface area contributed by atoms with Gasteiger partial charge in [-0.15, -0.1) is 11.3 Å². The van der Waals surface area contributed by atoms with Crippen LogP contribution >= 0.6 is 11.3 Å². The van der Waals surface area contributed by atoms with Crippen LogP contribution in [0.4, 0.5) is 10.2 Å². The minimum absolute atomic E-state index is 0.0548. The monoisotopic (exact) mass is 700 g/mol. The Morgan fingerprint density at radius 2 is 1.98 bits per heavy atom. The number of aromatic nitrogens is 4. The van der Waals surface area contributed by atoms with E-state index in [-0.39, 0.29) is 35.6 Å². The Kier molecular flexibility index (Phi) is 6.92. The van der Waals surface area contributed by atoms with Crippen LogP contribution in [0.2, 0.25) is 0 Å². The second-order valence-corrected chi connectivity index (χ2v) is 15.0. The van der Waals surface area contributed by atoms with Gasteiger partial charge in [-0.25, -0.2) is 14.2 Å². The third-order valence-electron chi connectivity index (χ3n) is 11.2. The van der Waals surface area contributed by atoms with E-state index in [0.717, 1.165) is 87.6 Å². The molecule has 6 aromatic rings. The van der Waals surface area contributed by atoms with Crippen LogP contribution in [0.15, 0.2) is 64.0 Å². The number of aryl methyl sites for hydroxylation is 1. The Morgan fingerprint density at radius 1 is 1.06 bits per heavy atom. The fraction of sp³-hybridized carbons (Fsp3) is 0.308. The fourth-order valence-electron chi connectivity index (χ4n) is 8.97. The Labute approximate surface area is 295 Å².